The van der Waals surface area contributed by atoms with Gasteiger partial charge in [0.2, 0.25) is 5.78 Å². The average molecular weight is 506 g/mol. The van der Waals surface area contributed by atoms with Crippen LogP contribution in [0.5, 0.6) is 0 Å². The molecule has 0 aromatic carbocycles. The lowest BCUT2D eigenvalue weighted by atomic mass is 9.93. The molecule has 1 N–H and O–H groups in total. The third-order valence-electron chi connectivity index (χ3n) is 6.52. The van der Waals surface area contributed by atoms with Gasteiger partial charge in [0.05, 0.1) is 11.5 Å². The molecule has 0 bridgehead atoms. The summed E-state index contributed by atoms with van der Waals surface area (Å²) in [7, 11) is 0. The molecule has 9 nitrogen and oxygen atoms in total. The van der Waals surface area contributed by atoms with Crippen LogP contribution in [0.3, 0.4) is 0 Å². The van der Waals surface area contributed by atoms with Gasteiger partial charge in [-0.2, -0.15) is 0 Å². The Balaban J connectivity index is 0.00000186. The van der Waals surface area contributed by atoms with Gasteiger partial charge in [0.25, 0.3) is 4.66 Å². The number of piperazine rings is 1. The minimum absolute atomic E-state index is 0.0954. The Labute approximate surface area is 218 Å². The smallest absolute Gasteiger partial charge is 0.258 e. The summed E-state index contributed by atoms with van der Waals surface area (Å²) in [4.78, 5) is 47.8. The molecule has 1 fully saturated rings. The largest absolute Gasteiger partial charge is 0.354 e. The summed E-state index contributed by atoms with van der Waals surface area (Å²) in [6, 6.07) is 5.92. The molecule has 0 atom stereocenters. The van der Waals surface area contributed by atoms with E-state index in [1.165, 1.54) is 4.68 Å². The van der Waals surface area contributed by atoms with Crippen LogP contribution in [0.25, 0.3) is 0 Å². The molecular weight excluding hydrogens is 468 g/mol. The number of aromatic amines is 1. The van der Waals surface area contributed by atoms with Crippen molar-refractivity contribution in [2.24, 2.45) is 0 Å². The fourth-order valence-corrected chi connectivity index (χ4v) is 4.52. The zero-order chi connectivity index (χ0) is 26.8. The van der Waals surface area contributed by atoms with Gasteiger partial charge in [0, 0.05) is 50.9 Å². The summed E-state index contributed by atoms with van der Waals surface area (Å²) in [5.74, 6) is 0.435. The molecule has 0 spiro atoms. The Morgan fingerprint density at radius 2 is 1.89 bits per heavy atom. The van der Waals surface area contributed by atoms with Gasteiger partial charge in [-0.15, -0.1) is 5.73 Å². The molecule has 2 aliphatic rings. The molecule has 1 aliphatic carbocycles. The highest BCUT2D eigenvalue weighted by molar-refractivity contribution is 6.14. The second kappa shape index (κ2) is 13.5. The maximum absolute atomic E-state index is 13.3. The molecule has 0 unspecified atom stereocenters. The van der Waals surface area contributed by atoms with E-state index in [0.717, 1.165) is 44.1 Å². The second-order valence-electron chi connectivity index (χ2n) is 8.72. The lowest BCUT2D eigenvalue weighted by Crippen LogP contribution is -2.47. The minimum Gasteiger partial charge on any atom is -0.354 e. The first-order valence-electron chi connectivity index (χ1n) is 12.9. The normalized spacial score (nSPS) is 18.1. The van der Waals surface area contributed by atoms with Gasteiger partial charge in [0.15, 0.2) is 17.2 Å². The fraction of sp³-hybridized carbons (Fsp3) is 0.429. The number of rotatable bonds is 7. The molecule has 4 rings (SSSR count). The maximum atomic E-state index is 13.3. The van der Waals surface area contributed by atoms with E-state index in [-0.39, 0.29) is 29.4 Å². The predicted molar refractivity (Wildman–Crippen MR) is 144 cm³/mol. The molecule has 2 aromatic rings. The van der Waals surface area contributed by atoms with Crippen LogP contribution < -0.4 is 9.56 Å². The van der Waals surface area contributed by atoms with Crippen LogP contribution in [0, 0.1) is 4.91 Å². The number of ketones is 2. The van der Waals surface area contributed by atoms with Gasteiger partial charge in [-0.05, 0) is 49.6 Å². The highest BCUT2D eigenvalue weighted by Crippen LogP contribution is 2.24. The Kier molecular flexibility index (Phi) is 10.1. The second-order valence-corrected chi connectivity index (χ2v) is 8.72. The number of nitrogens with one attached hydrogen (secondary N) is 1. The number of aromatic nitrogens is 4. The number of carbonyl (C=O) groups excluding carboxylic acids is 2. The number of Topliss-reactive ketones (excluding diaryl/α,β-unsaturated/α-hetero) is 2. The number of nitrogens with zero attached hydrogens (tertiary/aromatic N) is 5. The average Bonchev–Trinajstić information content (AvgIpc) is 3.27. The first kappa shape index (κ1) is 27.8. The molecular formula is C28H37N6O3+. The van der Waals surface area contributed by atoms with Gasteiger partial charge >= 0.3 is 0 Å². The third-order valence-corrected chi connectivity index (χ3v) is 6.52. The minimum atomic E-state index is -0.311. The Morgan fingerprint density at radius 1 is 1.14 bits per heavy atom. The fourth-order valence-electron chi connectivity index (χ4n) is 4.52. The Hall–Kier alpha value is -3.81. The number of fused-ring (bicyclic) bond motifs is 1. The van der Waals surface area contributed by atoms with Crippen LogP contribution in [0.1, 0.15) is 61.0 Å². The highest BCUT2D eigenvalue weighted by Gasteiger charge is 2.34. The van der Waals surface area contributed by atoms with Gasteiger partial charge in [-0.1, -0.05) is 42.3 Å². The highest BCUT2D eigenvalue weighted by atomic mass is 16.3. The van der Waals surface area contributed by atoms with Crippen LogP contribution in [0.4, 0.5) is 5.82 Å². The zero-order valence-electron chi connectivity index (χ0n) is 22.1. The number of anilines is 1. The number of hydrogen-bond acceptors (Lipinski definition) is 6. The van der Waals surface area contributed by atoms with E-state index in [9.17, 15) is 14.5 Å². The topological polar surface area (TPSA) is 97.2 Å². The number of carbonyl (C=O) groups is 2. The lowest BCUT2D eigenvalue weighted by Gasteiger charge is -2.35. The SMILES string of the molecule is C=CC=C=C/C1=C(\C)C(=O)c2c([nH][n+](=O)n2CCCN2CCN(c3ccccn3)CC2)C(=O)CC1.CC. The van der Waals surface area contributed by atoms with Crippen LogP contribution in [0.2, 0.25) is 0 Å². The zero-order valence-corrected chi connectivity index (χ0v) is 22.1. The number of pyridine rings is 1. The summed E-state index contributed by atoms with van der Waals surface area (Å²) in [6.45, 7) is 14.1. The molecule has 1 saturated heterocycles. The molecule has 0 radical (unpaired) electrons. The van der Waals surface area contributed by atoms with Crippen LogP contribution in [-0.4, -0.2) is 64.0 Å². The first-order chi connectivity index (χ1) is 18.0. The molecule has 9 heteroatoms. The molecule has 3 heterocycles. The van der Waals surface area contributed by atoms with Crippen molar-refractivity contribution in [3.63, 3.8) is 0 Å². The lowest BCUT2D eigenvalue weighted by molar-refractivity contribution is -0.652. The van der Waals surface area contributed by atoms with E-state index in [0.29, 0.717) is 29.6 Å². The standard InChI is InChI=1S/C26H30N6O3.C2H6/c1-3-4-5-9-21-11-12-22(33)24-25(26(34)20(21)2)31(32(35)28-24)15-8-14-29-16-18-30(19-17-29)23-10-6-7-13-27-23;1-2/h3-4,6-7,9-10,13H,1,8,11-12,14-19H2,2H3;1-2H3/p+1/b21-20-;. The Morgan fingerprint density at radius 3 is 2.57 bits per heavy atom. The van der Waals surface area contributed by atoms with Crippen LogP contribution in [0.15, 0.2) is 66.1 Å². The van der Waals surface area contributed by atoms with Crippen LogP contribution >= 0.6 is 0 Å². The quantitative estimate of drug-likeness (QED) is 0.350. The molecule has 0 amide bonds. The van der Waals surface area contributed by atoms with E-state index < -0.39 is 0 Å². The van der Waals surface area contributed by atoms with Gasteiger partial charge in [0.1, 0.15) is 5.82 Å². The van der Waals surface area contributed by atoms with E-state index in [2.05, 4.69) is 32.2 Å². The molecule has 196 valence electrons. The monoisotopic (exact) mass is 505 g/mol. The first-order valence-corrected chi connectivity index (χ1v) is 12.9. The van der Waals surface area contributed by atoms with Gasteiger partial charge < -0.3 is 4.90 Å². The van der Waals surface area contributed by atoms with E-state index in [1.54, 1.807) is 31.3 Å². The predicted octanol–water partition coefficient (Wildman–Crippen LogP) is 3.74. The van der Waals surface area contributed by atoms with E-state index >= 15 is 0 Å². The van der Waals surface area contributed by atoms with E-state index in [4.69, 9.17) is 0 Å². The van der Waals surface area contributed by atoms with Gasteiger partial charge in [-0.3, -0.25) is 14.5 Å². The van der Waals surface area contributed by atoms with Crippen molar-refractivity contribution >= 4 is 17.4 Å². The van der Waals surface area contributed by atoms with E-state index in [1.807, 2.05) is 32.0 Å². The van der Waals surface area contributed by atoms with Crippen molar-refractivity contribution in [2.75, 3.05) is 37.6 Å². The van der Waals surface area contributed by atoms with Crippen LogP contribution in [-0.2, 0) is 6.54 Å². The van der Waals surface area contributed by atoms with Gasteiger partial charge in [-0.25, -0.2) is 4.98 Å². The Bertz CT molecular complexity index is 1260. The maximum Gasteiger partial charge on any atom is 0.258 e. The van der Waals surface area contributed by atoms with Crippen molar-refractivity contribution in [1.29, 1.82) is 0 Å². The third kappa shape index (κ3) is 6.70. The summed E-state index contributed by atoms with van der Waals surface area (Å²) >= 11 is 0. The van der Waals surface area contributed by atoms with Crippen molar-refractivity contribution in [2.45, 2.75) is 46.6 Å². The summed E-state index contributed by atoms with van der Waals surface area (Å²) in [6.07, 6.45) is 8.06. The van der Waals surface area contributed by atoms with Crippen molar-refractivity contribution in [1.82, 2.24) is 19.7 Å². The summed E-state index contributed by atoms with van der Waals surface area (Å²) in [5.41, 5.74) is 4.45. The molecule has 37 heavy (non-hydrogen) atoms. The number of hydrogen-bond donors (Lipinski definition) is 1. The molecule has 1 aliphatic heterocycles. The number of allylic oxidation sites excluding steroid dienone is 4. The number of H-pyrrole nitrogens is 1. The van der Waals surface area contributed by atoms with Crippen molar-refractivity contribution in [3.8, 4) is 0 Å². The summed E-state index contributed by atoms with van der Waals surface area (Å²) in [5, 5.41) is 2.57. The molecule has 2 aromatic heterocycles. The molecule has 0 saturated carbocycles. The van der Waals surface area contributed by atoms with Crippen molar-refractivity contribution in [3.05, 3.63) is 82.4 Å². The summed E-state index contributed by atoms with van der Waals surface area (Å²) < 4.78 is 1.88. The van der Waals surface area contributed by atoms with Crippen molar-refractivity contribution < 1.29 is 14.2 Å².